The molecule has 29 heavy (non-hydrogen) atoms. The fraction of sp³-hybridized carbons (Fsp3) is 0.368. The number of anilines is 1. The van der Waals surface area contributed by atoms with E-state index in [1.807, 2.05) is 0 Å². The predicted molar refractivity (Wildman–Crippen MR) is 103 cm³/mol. The number of aromatic nitrogens is 4. The fourth-order valence-corrected chi connectivity index (χ4v) is 3.54. The van der Waals surface area contributed by atoms with E-state index in [9.17, 15) is 18.4 Å². The number of alkyl halides is 2. The van der Waals surface area contributed by atoms with Crippen LogP contribution in [-0.4, -0.2) is 62.7 Å². The first-order valence-electron chi connectivity index (χ1n) is 9.23. The molecule has 1 aliphatic heterocycles. The molecule has 0 atom stereocenters. The topological polar surface area (TPSA) is 76.3 Å². The molecule has 8 nitrogen and oxygen atoms in total. The van der Waals surface area contributed by atoms with Gasteiger partial charge in [-0.2, -0.15) is 5.10 Å². The summed E-state index contributed by atoms with van der Waals surface area (Å²) in [4.78, 5) is 33.0. The molecule has 152 valence electrons. The molecule has 0 spiro atoms. The van der Waals surface area contributed by atoms with Crippen molar-refractivity contribution in [2.45, 2.75) is 13.0 Å². The van der Waals surface area contributed by atoms with Gasteiger partial charge in [-0.3, -0.25) is 18.8 Å². The van der Waals surface area contributed by atoms with Crippen LogP contribution in [0.5, 0.6) is 0 Å². The number of rotatable bonds is 4. The summed E-state index contributed by atoms with van der Waals surface area (Å²) in [5, 5.41) is 4.34. The molecule has 10 heteroatoms. The zero-order valence-electron chi connectivity index (χ0n) is 15.8. The lowest BCUT2D eigenvalue weighted by atomic mass is 10.2. The van der Waals surface area contributed by atoms with E-state index in [-0.39, 0.29) is 5.91 Å². The molecular formula is C19H20F2N6O2. The second kappa shape index (κ2) is 7.61. The van der Waals surface area contributed by atoms with Crippen molar-refractivity contribution in [3.05, 3.63) is 52.8 Å². The predicted octanol–water partition coefficient (Wildman–Crippen LogP) is 1.36. The Labute approximate surface area is 165 Å². The summed E-state index contributed by atoms with van der Waals surface area (Å²) in [6.07, 6.45) is 0.142. The molecule has 0 aliphatic carbocycles. The Bertz CT molecular complexity index is 1100. The van der Waals surface area contributed by atoms with Gasteiger partial charge in [0.15, 0.2) is 0 Å². The number of piperazine rings is 1. The molecule has 1 aliphatic rings. The van der Waals surface area contributed by atoms with Gasteiger partial charge in [-0.15, -0.1) is 0 Å². The quantitative estimate of drug-likeness (QED) is 0.659. The Morgan fingerprint density at radius 2 is 1.93 bits per heavy atom. The van der Waals surface area contributed by atoms with E-state index in [0.717, 1.165) is 16.6 Å². The third-order valence-electron chi connectivity index (χ3n) is 5.12. The lowest BCUT2D eigenvalue weighted by Crippen LogP contribution is -2.49. The minimum Gasteiger partial charge on any atom is -0.368 e. The number of amides is 1. The maximum Gasteiger partial charge on any atom is 0.272 e. The van der Waals surface area contributed by atoms with Gasteiger partial charge in [-0.1, -0.05) is 0 Å². The van der Waals surface area contributed by atoms with Crippen LogP contribution in [-0.2, 0) is 13.6 Å². The third kappa shape index (κ3) is 3.69. The Morgan fingerprint density at radius 3 is 2.59 bits per heavy atom. The van der Waals surface area contributed by atoms with Crippen LogP contribution in [0.2, 0.25) is 0 Å². The lowest BCUT2D eigenvalue weighted by molar-refractivity contribution is 0.0735. The highest BCUT2D eigenvalue weighted by Gasteiger charge is 2.24. The van der Waals surface area contributed by atoms with Crippen molar-refractivity contribution in [3.8, 4) is 0 Å². The van der Waals surface area contributed by atoms with E-state index in [1.54, 1.807) is 47.1 Å². The minimum absolute atomic E-state index is 0.0515. The third-order valence-corrected chi connectivity index (χ3v) is 5.12. The van der Waals surface area contributed by atoms with E-state index >= 15 is 0 Å². The Hall–Kier alpha value is -3.30. The first kappa shape index (κ1) is 19.0. The number of aryl methyl sites for hydroxylation is 1. The normalized spacial score (nSPS) is 14.8. The maximum atomic E-state index is 12.6. The van der Waals surface area contributed by atoms with Gasteiger partial charge in [0.25, 0.3) is 17.9 Å². The standard InChI is InChI=1S/C19H20F2N6O2/c1-24-16(4-5-23-24)19(29)26-8-6-25(7-9-26)13-2-3-14-15(10-13)22-12-27(18(14)28)11-17(20)21/h2-5,10,12,17H,6-9,11H2,1H3. The summed E-state index contributed by atoms with van der Waals surface area (Å²) in [5.74, 6) is -0.0515. The molecule has 1 saturated heterocycles. The maximum absolute atomic E-state index is 12.6. The van der Waals surface area contributed by atoms with Gasteiger partial charge in [0.05, 0.1) is 23.8 Å². The Morgan fingerprint density at radius 1 is 1.17 bits per heavy atom. The van der Waals surface area contributed by atoms with Crippen molar-refractivity contribution in [3.63, 3.8) is 0 Å². The van der Waals surface area contributed by atoms with Crippen molar-refractivity contribution in [2.75, 3.05) is 31.1 Å². The van der Waals surface area contributed by atoms with Crippen LogP contribution in [0.15, 0.2) is 41.6 Å². The average Bonchev–Trinajstić information content (AvgIpc) is 3.15. The molecule has 0 bridgehead atoms. The van der Waals surface area contributed by atoms with Gasteiger partial charge in [0.2, 0.25) is 0 Å². The Kier molecular flexibility index (Phi) is 4.99. The largest absolute Gasteiger partial charge is 0.368 e. The number of carbonyl (C=O) groups is 1. The van der Waals surface area contributed by atoms with Crippen LogP contribution in [0.1, 0.15) is 10.5 Å². The monoisotopic (exact) mass is 402 g/mol. The van der Waals surface area contributed by atoms with Gasteiger partial charge in [0.1, 0.15) is 5.69 Å². The zero-order chi connectivity index (χ0) is 20.5. The van der Waals surface area contributed by atoms with Crippen LogP contribution in [0.4, 0.5) is 14.5 Å². The molecular weight excluding hydrogens is 382 g/mol. The highest BCUT2D eigenvalue weighted by molar-refractivity contribution is 5.92. The molecule has 0 saturated carbocycles. The molecule has 0 radical (unpaired) electrons. The van der Waals surface area contributed by atoms with Crippen LogP contribution in [0, 0.1) is 0 Å². The number of benzene rings is 1. The summed E-state index contributed by atoms with van der Waals surface area (Å²) in [5.41, 5.74) is 1.41. The number of hydrogen-bond donors (Lipinski definition) is 0. The Balaban J connectivity index is 1.49. The second-order valence-electron chi connectivity index (χ2n) is 6.91. The minimum atomic E-state index is -2.61. The summed E-state index contributed by atoms with van der Waals surface area (Å²) in [7, 11) is 1.74. The number of fused-ring (bicyclic) bond motifs is 1. The van der Waals surface area contributed by atoms with Gasteiger partial charge in [-0.25, -0.2) is 13.8 Å². The molecule has 1 amide bonds. The highest BCUT2D eigenvalue weighted by atomic mass is 19.3. The van der Waals surface area contributed by atoms with Crippen molar-refractivity contribution in [1.29, 1.82) is 0 Å². The highest BCUT2D eigenvalue weighted by Crippen LogP contribution is 2.21. The first-order chi connectivity index (χ1) is 13.9. The van der Waals surface area contributed by atoms with Gasteiger partial charge in [-0.05, 0) is 24.3 Å². The molecule has 2 aromatic heterocycles. The SMILES string of the molecule is Cn1nccc1C(=O)N1CCN(c2ccc3c(=O)n(CC(F)F)cnc3c2)CC1. The molecule has 3 aromatic rings. The smallest absolute Gasteiger partial charge is 0.272 e. The van der Waals surface area contributed by atoms with Gasteiger partial charge in [0, 0.05) is 45.1 Å². The summed E-state index contributed by atoms with van der Waals surface area (Å²) >= 11 is 0. The molecule has 1 aromatic carbocycles. The van der Waals surface area contributed by atoms with Crippen molar-refractivity contribution >= 4 is 22.5 Å². The molecule has 4 rings (SSSR count). The molecule has 1 fully saturated rings. The first-order valence-corrected chi connectivity index (χ1v) is 9.23. The van der Waals surface area contributed by atoms with E-state index in [4.69, 9.17) is 0 Å². The van der Waals surface area contributed by atoms with Crippen molar-refractivity contribution in [1.82, 2.24) is 24.2 Å². The second-order valence-corrected chi connectivity index (χ2v) is 6.91. The number of hydrogen-bond acceptors (Lipinski definition) is 5. The lowest BCUT2D eigenvalue weighted by Gasteiger charge is -2.36. The molecule has 0 unspecified atom stereocenters. The summed E-state index contributed by atoms with van der Waals surface area (Å²) in [6.45, 7) is 1.72. The fourth-order valence-electron chi connectivity index (χ4n) is 3.54. The number of nitrogens with zero attached hydrogens (tertiary/aromatic N) is 6. The summed E-state index contributed by atoms with van der Waals surface area (Å²) in [6, 6.07) is 6.89. The van der Waals surface area contributed by atoms with Crippen LogP contribution >= 0.6 is 0 Å². The van der Waals surface area contributed by atoms with E-state index in [2.05, 4.69) is 15.0 Å². The van der Waals surface area contributed by atoms with E-state index < -0.39 is 18.5 Å². The van der Waals surface area contributed by atoms with E-state index in [1.165, 1.54) is 0 Å². The molecule has 0 N–H and O–H groups in total. The van der Waals surface area contributed by atoms with Crippen molar-refractivity contribution in [2.24, 2.45) is 7.05 Å². The number of halogens is 2. The molecule has 3 heterocycles. The van der Waals surface area contributed by atoms with Crippen molar-refractivity contribution < 1.29 is 13.6 Å². The van der Waals surface area contributed by atoms with Crippen LogP contribution in [0.25, 0.3) is 10.9 Å². The van der Waals surface area contributed by atoms with Crippen LogP contribution in [0.3, 0.4) is 0 Å². The van der Waals surface area contributed by atoms with Gasteiger partial charge >= 0.3 is 0 Å². The summed E-state index contributed by atoms with van der Waals surface area (Å²) < 4.78 is 27.6. The average molecular weight is 402 g/mol. The zero-order valence-corrected chi connectivity index (χ0v) is 15.8. The van der Waals surface area contributed by atoms with Crippen LogP contribution < -0.4 is 10.5 Å². The number of carbonyl (C=O) groups excluding carboxylic acids is 1. The van der Waals surface area contributed by atoms with Gasteiger partial charge < -0.3 is 9.80 Å². The van der Waals surface area contributed by atoms with E-state index in [0.29, 0.717) is 42.8 Å².